The summed E-state index contributed by atoms with van der Waals surface area (Å²) in [4.78, 5) is 0. The second-order valence-electron chi connectivity index (χ2n) is 11.1. The molecule has 2 saturated carbocycles. The molecule has 1 unspecified atom stereocenters. The Labute approximate surface area is 167 Å². The van der Waals surface area contributed by atoms with Gasteiger partial charge in [-0.3, -0.25) is 0 Å². The molecule has 9 atom stereocenters. The molecular weight excluding hydrogens is 356 g/mol. The summed E-state index contributed by atoms with van der Waals surface area (Å²) in [7, 11) is 0. The Morgan fingerprint density at radius 2 is 1.82 bits per heavy atom. The summed E-state index contributed by atoms with van der Waals surface area (Å²) in [6.45, 7) is 12.6. The molecule has 1 heterocycles. The van der Waals surface area contributed by atoms with Crippen LogP contribution in [0.15, 0.2) is 23.3 Å². The van der Waals surface area contributed by atoms with Gasteiger partial charge < -0.3 is 24.8 Å². The van der Waals surface area contributed by atoms with Crippen LogP contribution < -0.4 is 0 Å². The predicted octanol–water partition coefficient (Wildman–Crippen LogP) is 2.41. The van der Waals surface area contributed by atoms with Gasteiger partial charge in [0.25, 0.3) is 0 Å². The lowest BCUT2D eigenvalue weighted by Crippen LogP contribution is -2.68. The highest BCUT2D eigenvalue weighted by molar-refractivity contribution is 5.43. The van der Waals surface area contributed by atoms with E-state index in [1.165, 1.54) is 0 Å². The fourth-order valence-corrected chi connectivity index (χ4v) is 7.44. The van der Waals surface area contributed by atoms with Crippen molar-refractivity contribution in [3.05, 3.63) is 23.3 Å². The first-order chi connectivity index (χ1) is 12.9. The molecule has 0 amide bonds. The summed E-state index contributed by atoms with van der Waals surface area (Å²) < 4.78 is 12.2. The maximum absolute atomic E-state index is 12.3. The second-order valence-corrected chi connectivity index (χ2v) is 11.1. The van der Waals surface area contributed by atoms with Gasteiger partial charge in [-0.05, 0) is 61.5 Å². The molecule has 5 aliphatic rings. The smallest absolute Gasteiger partial charge is 0.164 e. The molecule has 4 aliphatic carbocycles. The van der Waals surface area contributed by atoms with Crippen LogP contribution in [0.2, 0.25) is 0 Å². The minimum Gasteiger partial charge on any atom is -0.391 e. The van der Waals surface area contributed by atoms with Crippen molar-refractivity contribution >= 4 is 0 Å². The summed E-state index contributed by atoms with van der Waals surface area (Å²) in [5.41, 5.74) is -0.816. The minimum atomic E-state index is -1.61. The number of hydrogen-bond acceptors (Lipinski definition) is 5. The van der Waals surface area contributed by atoms with Crippen molar-refractivity contribution in [1.82, 2.24) is 0 Å². The molecule has 28 heavy (non-hydrogen) atoms. The Morgan fingerprint density at radius 1 is 1.14 bits per heavy atom. The Morgan fingerprint density at radius 3 is 2.50 bits per heavy atom. The predicted molar refractivity (Wildman–Crippen MR) is 104 cm³/mol. The van der Waals surface area contributed by atoms with Crippen molar-refractivity contribution in [1.29, 1.82) is 0 Å². The third-order valence-electron chi connectivity index (χ3n) is 8.97. The first-order valence-corrected chi connectivity index (χ1v) is 10.7. The van der Waals surface area contributed by atoms with Crippen LogP contribution in [-0.4, -0.2) is 51.6 Å². The zero-order chi connectivity index (χ0) is 20.4. The topological polar surface area (TPSA) is 79.2 Å². The van der Waals surface area contributed by atoms with E-state index >= 15 is 0 Å². The summed E-state index contributed by atoms with van der Waals surface area (Å²) in [5, 5.41) is 35.3. The van der Waals surface area contributed by atoms with Crippen LogP contribution in [0.4, 0.5) is 0 Å². The van der Waals surface area contributed by atoms with E-state index in [1.807, 2.05) is 26.8 Å². The van der Waals surface area contributed by atoms with Gasteiger partial charge in [-0.1, -0.05) is 32.9 Å². The van der Waals surface area contributed by atoms with Crippen LogP contribution in [0.25, 0.3) is 0 Å². The molecule has 0 radical (unpaired) electrons. The van der Waals surface area contributed by atoms with Gasteiger partial charge in [0.1, 0.15) is 17.8 Å². The zero-order valence-electron chi connectivity index (χ0n) is 17.8. The van der Waals surface area contributed by atoms with Crippen molar-refractivity contribution in [2.75, 3.05) is 6.61 Å². The molecule has 1 spiro atoms. The SMILES string of the molecule is CC1=C[C@]23C(O)[C@@H](C=C4COC(C)(C)O[C@H]4[C@]2(O)[C@H]1O)[C@H]1[C@@H](C[C@H]3C)C1(C)C. The van der Waals surface area contributed by atoms with Gasteiger partial charge in [0.05, 0.1) is 18.1 Å². The molecule has 5 rings (SSSR count). The third-order valence-corrected chi connectivity index (χ3v) is 8.97. The maximum Gasteiger partial charge on any atom is 0.164 e. The van der Waals surface area contributed by atoms with Crippen LogP contribution in [0.5, 0.6) is 0 Å². The molecule has 1 aliphatic heterocycles. The summed E-state index contributed by atoms with van der Waals surface area (Å²) >= 11 is 0. The number of fused-ring (bicyclic) bond motifs is 5. The highest BCUT2D eigenvalue weighted by atomic mass is 16.7. The van der Waals surface area contributed by atoms with Crippen LogP contribution >= 0.6 is 0 Å². The van der Waals surface area contributed by atoms with Gasteiger partial charge in [-0.15, -0.1) is 0 Å². The average molecular weight is 391 g/mol. The van der Waals surface area contributed by atoms with Crippen molar-refractivity contribution in [2.24, 2.45) is 34.5 Å². The number of aliphatic hydroxyl groups excluding tert-OH is 2. The number of aliphatic hydroxyl groups is 3. The summed E-state index contributed by atoms with van der Waals surface area (Å²) in [6, 6.07) is 0. The number of ether oxygens (including phenoxy) is 2. The molecule has 1 saturated heterocycles. The quantitative estimate of drug-likeness (QED) is 0.554. The summed E-state index contributed by atoms with van der Waals surface area (Å²) in [6.07, 6.45) is 2.46. The molecule has 5 nitrogen and oxygen atoms in total. The molecule has 3 fully saturated rings. The molecule has 2 bridgehead atoms. The van der Waals surface area contributed by atoms with E-state index < -0.39 is 35.1 Å². The van der Waals surface area contributed by atoms with E-state index in [4.69, 9.17) is 9.47 Å². The van der Waals surface area contributed by atoms with E-state index in [1.54, 1.807) is 0 Å². The van der Waals surface area contributed by atoms with E-state index in [0.717, 1.165) is 17.6 Å². The van der Waals surface area contributed by atoms with E-state index in [0.29, 0.717) is 18.4 Å². The second kappa shape index (κ2) is 5.30. The number of hydrogen-bond donors (Lipinski definition) is 3. The van der Waals surface area contributed by atoms with Gasteiger partial charge in [-0.25, -0.2) is 0 Å². The van der Waals surface area contributed by atoms with Gasteiger partial charge in [-0.2, -0.15) is 0 Å². The molecule has 5 heteroatoms. The molecule has 0 aromatic heterocycles. The first kappa shape index (κ1) is 19.3. The standard InChI is InChI=1S/C23H34O5/c1-11-9-22-12(2)7-15-16(20(15,3)4)14(18(22)25)8-13-10-27-21(5,6)28-19(13)23(22,26)17(11)24/h8-9,12,14-19,24-26H,7,10H2,1-6H3/t12-,14+,15-,16+,17+,18?,19-,22+,23-/m1/s1. The van der Waals surface area contributed by atoms with Gasteiger partial charge in [0.2, 0.25) is 0 Å². The Hall–Kier alpha value is -0.720. The average Bonchev–Trinajstić information content (AvgIpc) is 3.10. The fourth-order valence-electron chi connectivity index (χ4n) is 7.44. The van der Waals surface area contributed by atoms with Gasteiger partial charge >= 0.3 is 0 Å². The maximum atomic E-state index is 12.3. The molecule has 156 valence electrons. The molecule has 3 N–H and O–H groups in total. The minimum absolute atomic E-state index is 0.0150. The number of rotatable bonds is 0. The third kappa shape index (κ3) is 2.00. The largest absolute Gasteiger partial charge is 0.391 e. The van der Waals surface area contributed by atoms with Gasteiger partial charge in [0, 0.05) is 5.92 Å². The monoisotopic (exact) mass is 390 g/mol. The summed E-state index contributed by atoms with van der Waals surface area (Å²) in [5.74, 6) is -0.0618. The van der Waals surface area contributed by atoms with E-state index in [2.05, 4.69) is 26.8 Å². The highest BCUT2D eigenvalue weighted by Crippen LogP contribution is 2.73. The highest BCUT2D eigenvalue weighted by Gasteiger charge is 2.76. The Bertz CT molecular complexity index is 782. The van der Waals surface area contributed by atoms with Crippen molar-refractivity contribution in [2.45, 2.75) is 77.7 Å². The molecular formula is C23H34O5. The lowest BCUT2D eigenvalue weighted by Gasteiger charge is -2.54. The lowest BCUT2D eigenvalue weighted by molar-refractivity contribution is -0.312. The fraction of sp³-hybridized carbons (Fsp3) is 0.826. The van der Waals surface area contributed by atoms with Gasteiger partial charge in [0.15, 0.2) is 5.79 Å². The van der Waals surface area contributed by atoms with Crippen molar-refractivity contribution in [3.8, 4) is 0 Å². The lowest BCUT2D eigenvalue weighted by atomic mass is 9.58. The Balaban J connectivity index is 1.76. The normalized spacial score (nSPS) is 55.7. The van der Waals surface area contributed by atoms with Crippen LogP contribution in [-0.2, 0) is 9.47 Å². The van der Waals surface area contributed by atoms with Crippen LogP contribution in [0, 0.1) is 34.5 Å². The van der Waals surface area contributed by atoms with Crippen molar-refractivity contribution in [3.63, 3.8) is 0 Å². The first-order valence-electron chi connectivity index (χ1n) is 10.7. The van der Waals surface area contributed by atoms with E-state index in [9.17, 15) is 15.3 Å². The van der Waals surface area contributed by atoms with Crippen LogP contribution in [0.3, 0.4) is 0 Å². The van der Waals surface area contributed by atoms with Crippen LogP contribution in [0.1, 0.15) is 48.0 Å². The Kier molecular flexibility index (Phi) is 3.65. The zero-order valence-corrected chi connectivity index (χ0v) is 17.8. The van der Waals surface area contributed by atoms with Crippen molar-refractivity contribution < 1.29 is 24.8 Å². The molecule has 0 aromatic carbocycles. The van der Waals surface area contributed by atoms with E-state index in [-0.39, 0.29) is 17.3 Å². The molecule has 0 aromatic rings.